The van der Waals surface area contributed by atoms with Gasteiger partial charge in [-0.3, -0.25) is 4.99 Å². The zero-order valence-electron chi connectivity index (χ0n) is 12.2. The largest absolute Gasteiger partial charge is 0.495 e. The molecule has 2 atom stereocenters. The molecule has 0 spiro atoms. The molecule has 1 aliphatic carbocycles. The van der Waals surface area contributed by atoms with Crippen molar-refractivity contribution in [2.45, 2.75) is 12.5 Å². The molecule has 2 unspecified atom stereocenters. The Morgan fingerprint density at radius 1 is 1.55 bits per heavy atom. The van der Waals surface area contributed by atoms with E-state index in [2.05, 4.69) is 17.1 Å². The lowest BCUT2D eigenvalue weighted by Crippen LogP contribution is -2.06. The van der Waals surface area contributed by atoms with E-state index in [9.17, 15) is 0 Å². The van der Waals surface area contributed by atoms with Crippen LogP contribution in [0.3, 0.4) is 0 Å². The number of nitrogens with one attached hydrogen (secondary N) is 1. The van der Waals surface area contributed by atoms with Crippen molar-refractivity contribution in [1.29, 1.82) is 10.7 Å². The fourth-order valence-electron chi connectivity index (χ4n) is 2.56. The highest BCUT2D eigenvalue weighted by Gasteiger charge is 2.36. The Morgan fingerprint density at radius 2 is 2.36 bits per heavy atom. The highest BCUT2D eigenvalue weighted by molar-refractivity contribution is 6.13. The van der Waals surface area contributed by atoms with Crippen LogP contribution in [0, 0.1) is 22.7 Å². The van der Waals surface area contributed by atoms with Crippen LogP contribution in [0.2, 0.25) is 0 Å². The molecule has 2 aliphatic rings. The first kappa shape index (κ1) is 14.1. The summed E-state index contributed by atoms with van der Waals surface area (Å²) in [4.78, 5) is 4.41. The number of aliphatic imine (C=N–C) groups is 1. The Labute approximate surface area is 128 Å². The number of dihydropyridines is 1. The van der Waals surface area contributed by atoms with E-state index < -0.39 is 0 Å². The maximum Gasteiger partial charge on any atom is 0.148 e. The van der Waals surface area contributed by atoms with Gasteiger partial charge in [-0.05, 0) is 30.2 Å². The van der Waals surface area contributed by atoms with Crippen LogP contribution in [-0.4, -0.2) is 25.1 Å². The van der Waals surface area contributed by atoms with Gasteiger partial charge in [0.15, 0.2) is 0 Å². The topological polar surface area (TPSA) is 95.2 Å². The summed E-state index contributed by atoms with van der Waals surface area (Å²) in [6.07, 6.45) is 8.64. The van der Waals surface area contributed by atoms with E-state index in [4.69, 9.17) is 21.1 Å². The lowest BCUT2D eigenvalue weighted by atomic mass is 10.0. The number of hydrogen-bond acceptors (Lipinski definition) is 5. The number of benzene rings is 1. The quantitative estimate of drug-likeness (QED) is 0.659. The molecule has 0 saturated heterocycles. The number of nitrogens with two attached hydrogens (primary N) is 1. The van der Waals surface area contributed by atoms with Gasteiger partial charge in [0.1, 0.15) is 11.8 Å². The Kier molecular flexibility index (Phi) is 3.51. The molecule has 0 radical (unpaired) electrons. The van der Waals surface area contributed by atoms with Gasteiger partial charge in [0.05, 0.1) is 30.0 Å². The van der Waals surface area contributed by atoms with Crippen LogP contribution >= 0.6 is 0 Å². The van der Waals surface area contributed by atoms with E-state index in [1.54, 1.807) is 18.2 Å². The molecule has 0 aromatic heterocycles. The number of anilines is 1. The molecule has 1 fully saturated rings. The first-order valence-electron chi connectivity index (χ1n) is 7.02. The van der Waals surface area contributed by atoms with Gasteiger partial charge in [-0.1, -0.05) is 12.2 Å². The summed E-state index contributed by atoms with van der Waals surface area (Å²) in [7, 11) is 1.47. The number of rotatable bonds is 4. The van der Waals surface area contributed by atoms with Crippen LogP contribution in [0.1, 0.15) is 17.5 Å². The van der Waals surface area contributed by atoms with E-state index in [-0.39, 0.29) is 5.71 Å². The number of ether oxygens (including phenoxy) is 1. The second-order valence-corrected chi connectivity index (χ2v) is 5.38. The molecular weight excluding hydrogens is 276 g/mol. The monoisotopic (exact) mass is 292 g/mol. The molecule has 1 aromatic rings. The highest BCUT2D eigenvalue weighted by atomic mass is 16.5. The smallest absolute Gasteiger partial charge is 0.148 e. The van der Waals surface area contributed by atoms with Gasteiger partial charge in [-0.15, -0.1) is 0 Å². The standard InChI is InChI=1S/C17H16N4O/c1-22-17-11(8-18)3-5-14(20)16(17)13(19)4-2-10-6-12-7-15(12)21-9-10/h2-6,9,12,15,19H,7,20H2,1H3/b4-2+,19-13?. The van der Waals surface area contributed by atoms with Gasteiger partial charge < -0.3 is 15.9 Å². The summed E-state index contributed by atoms with van der Waals surface area (Å²) in [5.74, 6) is 0.894. The maximum absolute atomic E-state index is 9.13. The van der Waals surface area contributed by atoms with Gasteiger partial charge in [0.25, 0.3) is 0 Å². The van der Waals surface area contributed by atoms with Crippen LogP contribution in [0.25, 0.3) is 0 Å². The molecule has 3 rings (SSSR count). The van der Waals surface area contributed by atoms with Crippen molar-refractivity contribution >= 4 is 17.6 Å². The van der Waals surface area contributed by atoms with Crippen LogP contribution in [-0.2, 0) is 0 Å². The summed E-state index contributed by atoms with van der Waals surface area (Å²) in [6.45, 7) is 0. The Hall–Kier alpha value is -2.87. The number of hydrogen-bond donors (Lipinski definition) is 2. The SMILES string of the molecule is COc1c(C#N)ccc(N)c1C(=N)/C=C/C1=CC2CC2N=C1. The second kappa shape index (κ2) is 5.49. The predicted octanol–water partition coefficient (Wildman–Crippen LogP) is 2.47. The molecule has 0 bridgehead atoms. The third-order valence-corrected chi connectivity index (χ3v) is 3.85. The van der Waals surface area contributed by atoms with Crippen molar-refractivity contribution in [1.82, 2.24) is 0 Å². The average molecular weight is 292 g/mol. The van der Waals surface area contributed by atoms with E-state index in [0.717, 1.165) is 12.0 Å². The van der Waals surface area contributed by atoms with Crippen molar-refractivity contribution in [3.63, 3.8) is 0 Å². The summed E-state index contributed by atoms with van der Waals surface area (Å²) in [5.41, 5.74) is 8.38. The zero-order chi connectivity index (χ0) is 15.7. The third kappa shape index (κ3) is 2.51. The summed E-state index contributed by atoms with van der Waals surface area (Å²) >= 11 is 0. The molecule has 1 saturated carbocycles. The van der Waals surface area contributed by atoms with Crippen LogP contribution < -0.4 is 10.5 Å². The Bertz CT molecular complexity index is 768. The minimum Gasteiger partial charge on any atom is -0.495 e. The molecular formula is C17H16N4O. The number of nitrogens with zero attached hydrogens (tertiary/aromatic N) is 2. The van der Waals surface area contributed by atoms with Gasteiger partial charge in [-0.2, -0.15) is 5.26 Å². The minimum absolute atomic E-state index is 0.207. The lowest BCUT2D eigenvalue weighted by molar-refractivity contribution is 0.413. The van der Waals surface area contributed by atoms with E-state index >= 15 is 0 Å². The van der Waals surface area contributed by atoms with E-state index in [0.29, 0.717) is 34.5 Å². The lowest BCUT2D eigenvalue weighted by Gasteiger charge is -2.12. The van der Waals surface area contributed by atoms with Crippen molar-refractivity contribution in [3.8, 4) is 11.8 Å². The maximum atomic E-state index is 9.13. The molecule has 1 heterocycles. The fourth-order valence-corrected chi connectivity index (χ4v) is 2.56. The highest BCUT2D eigenvalue weighted by Crippen LogP contribution is 2.38. The van der Waals surface area contributed by atoms with Crippen LogP contribution in [0.4, 0.5) is 5.69 Å². The Balaban J connectivity index is 1.89. The predicted molar refractivity (Wildman–Crippen MR) is 86.6 cm³/mol. The molecule has 1 aliphatic heterocycles. The summed E-state index contributed by atoms with van der Waals surface area (Å²) in [6, 6.07) is 5.74. The van der Waals surface area contributed by atoms with E-state index in [1.807, 2.05) is 12.3 Å². The summed E-state index contributed by atoms with van der Waals surface area (Å²) < 4.78 is 5.27. The molecule has 1 aromatic carbocycles. The minimum atomic E-state index is 0.207. The molecule has 3 N–H and O–H groups in total. The second-order valence-electron chi connectivity index (χ2n) is 5.38. The van der Waals surface area contributed by atoms with Crippen molar-refractivity contribution in [3.05, 3.63) is 47.1 Å². The molecule has 22 heavy (non-hydrogen) atoms. The zero-order valence-corrected chi connectivity index (χ0v) is 12.2. The van der Waals surface area contributed by atoms with Gasteiger partial charge in [0, 0.05) is 17.8 Å². The third-order valence-electron chi connectivity index (χ3n) is 3.85. The van der Waals surface area contributed by atoms with Crippen LogP contribution in [0.5, 0.6) is 5.75 Å². The molecule has 5 nitrogen and oxygen atoms in total. The Morgan fingerprint density at radius 3 is 3.05 bits per heavy atom. The molecule has 110 valence electrons. The average Bonchev–Trinajstić information content (AvgIpc) is 3.30. The first-order valence-corrected chi connectivity index (χ1v) is 7.02. The fraction of sp³-hybridized carbons (Fsp3) is 0.235. The summed E-state index contributed by atoms with van der Waals surface area (Å²) in [5, 5.41) is 17.4. The molecule has 0 amide bonds. The number of fused-ring (bicyclic) bond motifs is 1. The van der Waals surface area contributed by atoms with Crippen molar-refractivity contribution in [2.75, 3.05) is 12.8 Å². The van der Waals surface area contributed by atoms with Crippen LogP contribution in [0.15, 0.2) is 40.9 Å². The number of nitrogen functional groups attached to an aromatic ring is 1. The number of allylic oxidation sites excluding steroid dienone is 3. The van der Waals surface area contributed by atoms with Gasteiger partial charge >= 0.3 is 0 Å². The number of nitriles is 1. The number of methoxy groups -OCH3 is 1. The molecule has 5 heteroatoms. The van der Waals surface area contributed by atoms with Crippen molar-refractivity contribution < 1.29 is 4.74 Å². The van der Waals surface area contributed by atoms with Crippen molar-refractivity contribution in [2.24, 2.45) is 10.9 Å². The van der Waals surface area contributed by atoms with Gasteiger partial charge in [-0.25, -0.2) is 0 Å². The first-order chi connectivity index (χ1) is 10.6. The van der Waals surface area contributed by atoms with Gasteiger partial charge in [0.2, 0.25) is 0 Å². The normalized spacial score (nSPS) is 21.9. The van der Waals surface area contributed by atoms with E-state index in [1.165, 1.54) is 7.11 Å².